The molecular weight excluding hydrogens is 302 g/mol. The fourth-order valence-corrected chi connectivity index (χ4v) is 1.75. The number of hydrogen-bond acceptors (Lipinski definition) is 5. The molecule has 1 aromatic heterocycles. The van der Waals surface area contributed by atoms with Crippen LogP contribution in [0.25, 0.3) is 0 Å². The van der Waals surface area contributed by atoms with E-state index in [1.165, 1.54) is 0 Å². The lowest BCUT2D eigenvalue weighted by Gasteiger charge is -2.31. The highest BCUT2D eigenvalue weighted by Gasteiger charge is 2.25. The summed E-state index contributed by atoms with van der Waals surface area (Å²) < 4.78 is 7.70. The van der Waals surface area contributed by atoms with E-state index in [9.17, 15) is 0 Å². The van der Waals surface area contributed by atoms with Crippen molar-refractivity contribution in [1.82, 2.24) is 20.3 Å². The van der Waals surface area contributed by atoms with Gasteiger partial charge in [-0.25, -0.2) is 4.68 Å². The van der Waals surface area contributed by atoms with Gasteiger partial charge in [0.15, 0.2) is 5.82 Å². The number of aromatic nitrogens is 3. The van der Waals surface area contributed by atoms with Gasteiger partial charge in [0.2, 0.25) is 0 Å². The summed E-state index contributed by atoms with van der Waals surface area (Å²) in [6.45, 7) is 22.7. The SMILES string of the molecule is CC.CC.CC.CNCC(C)(C)COC(C)(C)Cn1cc(N)nn1. The Morgan fingerprint density at radius 3 is 1.96 bits per heavy atom. The Morgan fingerprint density at radius 2 is 1.58 bits per heavy atom. The fourth-order valence-electron chi connectivity index (χ4n) is 1.75. The van der Waals surface area contributed by atoms with Gasteiger partial charge in [0.1, 0.15) is 0 Å². The molecule has 0 saturated heterocycles. The zero-order valence-electron chi connectivity index (χ0n) is 18.0. The minimum absolute atomic E-state index is 0.105. The summed E-state index contributed by atoms with van der Waals surface area (Å²) in [5.74, 6) is 0.432. The molecule has 6 heteroatoms. The van der Waals surface area contributed by atoms with Crippen LogP contribution in [0.4, 0.5) is 5.82 Å². The minimum Gasteiger partial charge on any atom is -0.381 e. The van der Waals surface area contributed by atoms with Crippen LogP contribution < -0.4 is 11.1 Å². The molecule has 1 heterocycles. The summed E-state index contributed by atoms with van der Waals surface area (Å²) >= 11 is 0. The molecule has 0 saturated carbocycles. The number of nitrogens with two attached hydrogens (primary N) is 1. The van der Waals surface area contributed by atoms with E-state index >= 15 is 0 Å². The van der Waals surface area contributed by atoms with Crippen LogP contribution in [0.1, 0.15) is 69.2 Å². The summed E-state index contributed by atoms with van der Waals surface area (Å²) in [6, 6.07) is 0. The molecule has 1 rings (SSSR count). The van der Waals surface area contributed by atoms with E-state index in [4.69, 9.17) is 10.5 Å². The first-order valence-electron chi connectivity index (χ1n) is 9.18. The van der Waals surface area contributed by atoms with Gasteiger partial charge in [-0.2, -0.15) is 0 Å². The Morgan fingerprint density at radius 1 is 1.08 bits per heavy atom. The van der Waals surface area contributed by atoms with Crippen molar-refractivity contribution >= 4 is 5.82 Å². The smallest absolute Gasteiger partial charge is 0.165 e. The van der Waals surface area contributed by atoms with Gasteiger partial charge < -0.3 is 15.8 Å². The van der Waals surface area contributed by atoms with Crippen molar-refractivity contribution in [3.05, 3.63) is 6.20 Å². The average molecular weight is 346 g/mol. The second kappa shape index (κ2) is 15.4. The third-order valence-corrected chi connectivity index (χ3v) is 2.61. The minimum atomic E-state index is -0.300. The van der Waals surface area contributed by atoms with Crippen molar-refractivity contribution in [2.45, 2.75) is 81.4 Å². The summed E-state index contributed by atoms with van der Waals surface area (Å²) in [7, 11) is 1.95. The normalized spacial score (nSPS) is 10.5. The number of ether oxygens (including phenoxy) is 1. The molecule has 24 heavy (non-hydrogen) atoms. The summed E-state index contributed by atoms with van der Waals surface area (Å²) in [6.07, 6.45) is 1.71. The van der Waals surface area contributed by atoms with E-state index < -0.39 is 0 Å². The number of nitrogen functional groups attached to an aromatic ring is 1. The Bertz CT molecular complexity index is 375. The van der Waals surface area contributed by atoms with Crippen molar-refractivity contribution in [3.63, 3.8) is 0 Å². The first kappa shape index (κ1) is 27.7. The molecule has 0 unspecified atom stereocenters. The van der Waals surface area contributed by atoms with Gasteiger partial charge in [0, 0.05) is 12.0 Å². The number of nitrogens with zero attached hydrogens (tertiary/aromatic N) is 3. The van der Waals surface area contributed by atoms with Crippen molar-refractivity contribution in [3.8, 4) is 0 Å². The molecule has 0 aliphatic heterocycles. The van der Waals surface area contributed by atoms with Crippen LogP contribution in [0.15, 0.2) is 6.20 Å². The number of rotatable bonds is 7. The molecule has 1 aromatic rings. The highest BCUT2D eigenvalue weighted by Crippen LogP contribution is 2.20. The van der Waals surface area contributed by atoms with E-state index in [0.717, 1.165) is 6.54 Å². The van der Waals surface area contributed by atoms with Gasteiger partial charge in [-0.05, 0) is 20.9 Å². The molecule has 0 amide bonds. The highest BCUT2D eigenvalue weighted by atomic mass is 16.5. The lowest BCUT2D eigenvalue weighted by Crippen LogP contribution is -2.38. The molecule has 3 N–H and O–H groups in total. The third-order valence-electron chi connectivity index (χ3n) is 2.61. The van der Waals surface area contributed by atoms with Gasteiger partial charge in [-0.3, -0.25) is 0 Å². The largest absolute Gasteiger partial charge is 0.381 e. The van der Waals surface area contributed by atoms with Gasteiger partial charge in [-0.15, -0.1) is 5.10 Å². The maximum atomic E-state index is 5.99. The van der Waals surface area contributed by atoms with Crippen LogP contribution in [-0.4, -0.2) is 40.8 Å². The standard InChI is InChI=1S/C12H25N5O.3C2H6/c1-11(2,7-14-5)9-18-12(3,4)8-17-6-10(13)15-16-17;3*1-2/h6,14H,7-9,13H2,1-5H3;3*1-2H3. The van der Waals surface area contributed by atoms with Crippen LogP contribution in [0.3, 0.4) is 0 Å². The molecule has 0 aromatic carbocycles. The summed E-state index contributed by atoms with van der Waals surface area (Å²) in [5, 5.41) is 10.9. The molecule has 146 valence electrons. The quantitative estimate of drug-likeness (QED) is 0.781. The summed E-state index contributed by atoms with van der Waals surface area (Å²) in [4.78, 5) is 0. The average Bonchev–Trinajstić information content (AvgIpc) is 2.96. The molecule has 0 atom stereocenters. The van der Waals surface area contributed by atoms with E-state index in [0.29, 0.717) is 19.0 Å². The Balaban J connectivity index is -0.000000659. The zero-order valence-corrected chi connectivity index (χ0v) is 18.0. The van der Waals surface area contributed by atoms with Gasteiger partial charge >= 0.3 is 0 Å². The predicted octanol–water partition coefficient (Wildman–Crippen LogP) is 3.98. The lowest BCUT2D eigenvalue weighted by atomic mass is 9.94. The predicted molar refractivity (Wildman–Crippen MR) is 106 cm³/mol. The van der Waals surface area contributed by atoms with Crippen LogP contribution in [0.2, 0.25) is 0 Å². The van der Waals surface area contributed by atoms with Gasteiger partial charge in [-0.1, -0.05) is 60.6 Å². The third kappa shape index (κ3) is 14.5. The monoisotopic (exact) mass is 345 g/mol. The van der Waals surface area contributed by atoms with E-state index in [1.54, 1.807) is 10.9 Å². The zero-order chi connectivity index (χ0) is 19.8. The maximum Gasteiger partial charge on any atom is 0.165 e. The first-order chi connectivity index (χ1) is 11.2. The second-order valence-electron chi connectivity index (χ2n) is 6.08. The topological polar surface area (TPSA) is 78.0 Å². The molecule has 0 aliphatic rings. The van der Waals surface area contributed by atoms with E-state index in [2.05, 4.69) is 29.5 Å². The van der Waals surface area contributed by atoms with Crippen LogP contribution >= 0.6 is 0 Å². The maximum absolute atomic E-state index is 5.99. The molecule has 0 radical (unpaired) electrons. The van der Waals surface area contributed by atoms with Crippen LogP contribution in [-0.2, 0) is 11.3 Å². The molecule has 0 spiro atoms. The fraction of sp³-hybridized carbons (Fsp3) is 0.889. The number of hydrogen-bond donors (Lipinski definition) is 2. The Kier molecular flexibility index (Phi) is 17.8. The van der Waals surface area contributed by atoms with Gasteiger partial charge in [0.05, 0.1) is 24.9 Å². The molecule has 0 fully saturated rings. The number of anilines is 1. The Labute approximate surface area is 150 Å². The first-order valence-corrected chi connectivity index (χ1v) is 9.18. The van der Waals surface area contributed by atoms with E-state index in [-0.39, 0.29) is 11.0 Å². The summed E-state index contributed by atoms with van der Waals surface area (Å²) in [5.41, 5.74) is 5.34. The molecule has 6 nitrogen and oxygen atoms in total. The van der Waals surface area contributed by atoms with Crippen molar-refractivity contribution in [2.75, 3.05) is 25.9 Å². The van der Waals surface area contributed by atoms with Gasteiger partial charge in [0.25, 0.3) is 0 Å². The van der Waals surface area contributed by atoms with Crippen molar-refractivity contribution in [2.24, 2.45) is 5.41 Å². The van der Waals surface area contributed by atoms with Crippen molar-refractivity contribution in [1.29, 1.82) is 0 Å². The lowest BCUT2D eigenvalue weighted by molar-refractivity contribution is -0.0650. The Hall–Kier alpha value is -1.14. The molecule has 0 aliphatic carbocycles. The molecular formula is C18H43N5O. The van der Waals surface area contributed by atoms with Crippen molar-refractivity contribution < 1.29 is 4.74 Å². The second-order valence-corrected chi connectivity index (χ2v) is 6.08. The number of nitrogens with one attached hydrogen (secondary N) is 1. The van der Waals surface area contributed by atoms with Crippen LogP contribution in [0.5, 0.6) is 0 Å². The highest BCUT2D eigenvalue weighted by molar-refractivity contribution is 5.19. The van der Waals surface area contributed by atoms with E-state index in [1.807, 2.05) is 62.4 Å². The molecule has 0 bridgehead atoms. The van der Waals surface area contributed by atoms with Crippen LogP contribution in [0, 0.1) is 5.41 Å².